The van der Waals surface area contributed by atoms with Gasteiger partial charge in [-0.25, -0.2) is 9.18 Å². The molecule has 3 heterocycles. The molecule has 5 nitrogen and oxygen atoms in total. The van der Waals surface area contributed by atoms with Crippen LogP contribution in [0, 0.1) is 0 Å². The summed E-state index contributed by atoms with van der Waals surface area (Å²) in [6.07, 6.45) is 4.10. The van der Waals surface area contributed by atoms with Crippen LogP contribution < -0.4 is 0 Å². The summed E-state index contributed by atoms with van der Waals surface area (Å²) in [7, 11) is 2.16. The molecule has 24 heavy (non-hydrogen) atoms. The van der Waals surface area contributed by atoms with E-state index < -0.39 is 12.6 Å². The zero-order valence-corrected chi connectivity index (χ0v) is 13.8. The summed E-state index contributed by atoms with van der Waals surface area (Å²) in [5.74, 6) is -0.391. The lowest BCUT2D eigenvalue weighted by atomic mass is 10.0. The fourth-order valence-electron chi connectivity index (χ4n) is 4.19. The van der Waals surface area contributed by atoms with Crippen LogP contribution >= 0.6 is 0 Å². The first-order valence-electron chi connectivity index (χ1n) is 8.62. The summed E-state index contributed by atoms with van der Waals surface area (Å²) >= 11 is 0. The van der Waals surface area contributed by atoms with E-state index >= 15 is 0 Å². The second-order valence-electron chi connectivity index (χ2n) is 6.83. The Morgan fingerprint density at radius 3 is 2.71 bits per heavy atom. The maximum Gasteiger partial charge on any atom is 0.359 e. The van der Waals surface area contributed by atoms with E-state index in [-0.39, 0.29) is 12.6 Å². The maximum absolute atomic E-state index is 12.7. The molecule has 0 amide bonds. The number of halogens is 1. The summed E-state index contributed by atoms with van der Waals surface area (Å²) in [4.78, 5) is 15.1. The fourth-order valence-corrected chi connectivity index (χ4v) is 4.19. The van der Waals surface area contributed by atoms with Gasteiger partial charge in [0.1, 0.15) is 12.8 Å². The first-order valence-corrected chi connectivity index (χ1v) is 8.62. The van der Waals surface area contributed by atoms with Crippen LogP contribution in [0.15, 0.2) is 24.3 Å². The molecule has 2 fully saturated rings. The molecule has 0 unspecified atom stereocenters. The predicted molar refractivity (Wildman–Crippen MR) is 88.7 cm³/mol. The number of aromatic nitrogens is 2. The molecule has 6 heteroatoms. The third-order valence-corrected chi connectivity index (χ3v) is 5.48. The number of nitrogens with zero attached hydrogens (tertiary/aromatic N) is 3. The lowest BCUT2D eigenvalue weighted by molar-refractivity contribution is -0.000891. The number of hydrogen-bond acceptors (Lipinski definition) is 4. The minimum Gasteiger partial charge on any atom is -0.457 e. The number of ether oxygens (including phenoxy) is 1. The molecular formula is C18H22FN3O2. The molecule has 1 aromatic carbocycles. The Hall–Kier alpha value is -1.95. The molecule has 0 radical (unpaired) electrons. The van der Waals surface area contributed by atoms with Crippen molar-refractivity contribution < 1.29 is 13.9 Å². The minimum atomic E-state index is -0.515. The molecule has 0 spiro atoms. The molecule has 0 aliphatic carbocycles. The average molecular weight is 331 g/mol. The van der Waals surface area contributed by atoms with Crippen LogP contribution in [-0.4, -0.2) is 52.6 Å². The molecule has 0 N–H and O–H groups in total. The second-order valence-corrected chi connectivity index (χ2v) is 6.83. The SMILES string of the molecule is CN1[C@@H]2CC[C@H]1C[C@@H](OC(=O)c1nn(CCF)c3ccccc13)C2. The Bertz CT molecular complexity index is 746. The van der Waals surface area contributed by atoms with Gasteiger partial charge in [0.2, 0.25) is 0 Å². The van der Waals surface area contributed by atoms with Crippen LogP contribution in [0.25, 0.3) is 10.9 Å². The van der Waals surface area contributed by atoms with Crippen molar-refractivity contribution in [3.63, 3.8) is 0 Å². The van der Waals surface area contributed by atoms with Gasteiger partial charge in [0.25, 0.3) is 0 Å². The van der Waals surface area contributed by atoms with Crippen molar-refractivity contribution >= 4 is 16.9 Å². The van der Waals surface area contributed by atoms with Crippen LogP contribution in [0.4, 0.5) is 4.39 Å². The molecule has 2 aromatic rings. The molecule has 1 aromatic heterocycles. The van der Waals surface area contributed by atoms with Crippen LogP contribution in [0.2, 0.25) is 0 Å². The second kappa shape index (κ2) is 6.16. The van der Waals surface area contributed by atoms with E-state index in [0.29, 0.717) is 17.8 Å². The normalized spacial score (nSPS) is 26.8. The van der Waals surface area contributed by atoms with Gasteiger partial charge in [-0.05, 0) is 26.0 Å². The number of esters is 1. The van der Waals surface area contributed by atoms with Crippen molar-refractivity contribution in [2.45, 2.75) is 50.4 Å². The molecule has 4 rings (SSSR count). The van der Waals surface area contributed by atoms with E-state index in [2.05, 4.69) is 17.0 Å². The lowest BCUT2D eigenvalue weighted by Gasteiger charge is -2.35. The molecule has 0 saturated carbocycles. The van der Waals surface area contributed by atoms with Crippen LogP contribution in [0.3, 0.4) is 0 Å². The zero-order valence-electron chi connectivity index (χ0n) is 13.8. The summed E-state index contributed by atoms with van der Waals surface area (Å²) in [6.45, 7) is -0.370. The fraction of sp³-hybridized carbons (Fsp3) is 0.556. The molecule has 2 saturated heterocycles. The van der Waals surface area contributed by atoms with Gasteiger partial charge in [0, 0.05) is 30.3 Å². The van der Waals surface area contributed by atoms with Crippen molar-refractivity contribution in [3.8, 4) is 0 Å². The summed E-state index contributed by atoms with van der Waals surface area (Å²) in [6, 6.07) is 8.44. The number of carbonyl (C=O) groups excluding carboxylic acids is 1. The van der Waals surface area contributed by atoms with Gasteiger partial charge in [-0.1, -0.05) is 18.2 Å². The molecule has 3 atom stereocenters. The van der Waals surface area contributed by atoms with E-state index in [1.807, 2.05) is 24.3 Å². The predicted octanol–water partition coefficient (Wildman–Crippen LogP) is 2.79. The third kappa shape index (κ3) is 2.59. The van der Waals surface area contributed by atoms with Gasteiger partial charge < -0.3 is 9.64 Å². The number of alkyl halides is 1. The van der Waals surface area contributed by atoms with Crippen molar-refractivity contribution in [1.82, 2.24) is 14.7 Å². The Morgan fingerprint density at radius 2 is 2.00 bits per heavy atom. The highest BCUT2D eigenvalue weighted by Crippen LogP contribution is 2.35. The molecular weight excluding hydrogens is 309 g/mol. The minimum absolute atomic E-state index is 0.0451. The summed E-state index contributed by atoms with van der Waals surface area (Å²) < 4.78 is 20.1. The topological polar surface area (TPSA) is 47.4 Å². The molecule has 2 aliphatic heterocycles. The Morgan fingerprint density at radius 1 is 1.29 bits per heavy atom. The van der Waals surface area contributed by atoms with Crippen molar-refractivity contribution in [1.29, 1.82) is 0 Å². The Labute approximate surface area is 140 Å². The number of piperidine rings is 1. The van der Waals surface area contributed by atoms with Gasteiger partial charge >= 0.3 is 5.97 Å². The van der Waals surface area contributed by atoms with E-state index in [9.17, 15) is 9.18 Å². The van der Waals surface area contributed by atoms with Crippen molar-refractivity contribution in [3.05, 3.63) is 30.0 Å². The summed E-state index contributed by atoms with van der Waals surface area (Å²) in [5, 5.41) is 5.03. The zero-order chi connectivity index (χ0) is 16.7. The van der Waals surface area contributed by atoms with Gasteiger partial charge in [-0.2, -0.15) is 5.10 Å². The standard InChI is InChI=1S/C18H22FN3O2/c1-21-12-6-7-13(21)11-14(10-12)24-18(23)17-15-4-2-3-5-16(15)22(20-17)9-8-19/h2-5,12-14H,6-11H2,1H3/t12-,13+,14+. The number of carbonyl (C=O) groups is 1. The van der Waals surface area contributed by atoms with Crippen LogP contribution in [0.1, 0.15) is 36.2 Å². The van der Waals surface area contributed by atoms with Gasteiger partial charge in [-0.3, -0.25) is 4.68 Å². The number of rotatable bonds is 4. The molecule has 2 bridgehead atoms. The van der Waals surface area contributed by atoms with Crippen LogP contribution in [-0.2, 0) is 11.3 Å². The van der Waals surface area contributed by atoms with Gasteiger partial charge in [0.05, 0.1) is 12.1 Å². The monoisotopic (exact) mass is 331 g/mol. The van der Waals surface area contributed by atoms with Gasteiger partial charge in [-0.15, -0.1) is 0 Å². The lowest BCUT2D eigenvalue weighted by Crippen LogP contribution is -2.43. The molecule has 128 valence electrons. The Balaban J connectivity index is 1.56. The number of para-hydroxylation sites is 1. The van der Waals surface area contributed by atoms with E-state index in [1.54, 1.807) is 4.68 Å². The highest BCUT2D eigenvalue weighted by Gasteiger charge is 2.40. The van der Waals surface area contributed by atoms with E-state index in [4.69, 9.17) is 4.74 Å². The number of hydrogen-bond donors (Lipinski definition) is 0. The maximum atomic E-state index is 12.7. The highest BCUT2D eigenvalue weighted by atomic mass is 19.1. The van der Waals surface area contributed by atoms with Gasteiger partial charge in [0.15, 0.2) is 5.69 Å². The number of aryl methyl sites for hydroxylation is 1. The largest absolute Gasteiger partial charge is 0.457 e. The Kier molecular flexibility index (Phi) is 4.00. The third-order valence-electron chi connectivity index (χ3n) is 5.48. The van der Waals surface area contributed by atoms with E-state index in [1.165, 1.54) is 12.8 Å². The first kappa shape index (κ1) is 15.6. The molecule has 2 aliphatic rings. The van der Waals surface area contributed by atoms with E-state index in [0.717, 1.165) is 23.7 Å². The quantitative estimate of drug-likeness (QED) is 0.808. The first-order chi connectivity index (χ1) is 11.7. The van der Waals surface area contributed by atoms with Crippen molar-refractivity contribution in [2.24, 2.45) is 0 Å². The average Bonchev–Trinajstić information content (AvgIpc) is 3.02. The smallest absolute Gasteiger partial charge is 0.359 e. The summed E-state index contributed by atoms with van der Waals surface area (Å²) in [5.41, 5.74) is 1.07. The number of benzene rings is 1. The number of fused-ring (bicyclic) bond motifs is 3. The highest BCUT2D eigenvalue weighted by molar-refractivity contribution is 6.02. The van der Waals surface area contributed by atoms with Crippen molar-refractivity contribution in [2.75, 3.05) is 13.7 Å². The van der Waals surface area contributed by atoms with Crippen LogP contribution in [0.5, 0.6) is 0 Å².